The maximum absolute atomic E-state index is 9.32. The Kier molecular flexibility index (Phi) is 2.41. The number of benzene rings is 1. The van der Waals surface area contributed by atoms with Gasteiger partial charge >= 0.3 is 0 Å². The van der Waals surface area contributed by atoms with Gasteiger partial charge in [0.25, 0.3) is 0 Å². The second-order valence-electron chi connectivity index (χ2n) is 3.44. The summed E-state index contributed by atoms with van der Waals surface area (Å²) in [5.74, 6) is 0. The number of aliphatic hydroxyl groups excluding tert-OH is 1. The van der Waals surface area contributed by atoms with Crippen LogP contribution in [-0.4, -0.2) is 21.4 Å². The van der Waals surface area contributed by atoms with Crippen LogP contribution in [0.2, 0.25) is 0 Å². The molecule has 14 heavy (non-hydrogen) atoms. The van der Waals surface area contributed by atoms with Crippen LogP contribution in [0.25, 0.3) is 10.9 Å². The molecule has 0 spiro atoms. The van der Waals surface area contributed by atoms with Crippen LogP contribution in [-0.2, 0) is 6.42 Å². The Bertz CT molecular complexity index is 435. The van der Waals surface area contributed by atoms with Crippen LogP contribution in [0.5, 0.6) is 0 Å². The minimum absolute atomic E-state index is 0.345. The SMILES string of the molecule is CC(O)Cc1cnnc2ccccc12. The van der Waals surface area contributed by atoms with Crippen molar-refractivity contribution in [2.45, 2.75) is 19.4 Å². The quantitative estimate of drug-likeness (QED) is 0.777. The Hall–Kier alpha value is -1.48. The number of fused-ring (bicyclic) bond motifs is 1. The van der Waals surface area contributed by atoms with E-state index in [4.69, 9.17) is 0 Å². The molecule has 1 aromatic carbocycles. The van der Waals surface area contributed by atoms with Crippen molar-refractivity contribution in [1.82, 2.24) is 10.2 Å². The molecule has 0 aliphatic heterocycles. The van der Waals surface area contributed by atoms with E-state index in [-0.39, 0.29) is 6.10 Å². The van der Waals surface area contributed by atoms with E-state index in [0.29, 0.717) is 6.42 Å². The standard InChI is InChI=1S/C11H12N2O/c1-8(14)6-9-7-12-13-11-5-3-2-4-10(9)11/h2-5,7-8,14H,6H2,1H3. The maximum Gasteiger partial charge on any atom is 0.0932 e. The van der Waals surface area contributed by atoms with Crippen LogP contribution in [0, 0.1) is 0 Å². The fourth-order valence-electron chi connectivity index (χ4n) is 1.54. The largest absolute Gasteiger partial charge is 0.393 e. The van der Waals surface area contributed by atoms with Crippen molar-refractivity contribution in [3.8, 4) is 0 Å². The first-order valence-electron chi connectivity index (χ1n) is 4.65. The zero-order valence-corrected chi connectivity index (χ0v) is 8.01. The van der Waals surface area contributed by atoms with Crippen molar-refractivity contribution in [3.63, 3.8) is 0 Å². The number of hydrogen-bond acceptors (Lipinski definition) is 3. The lowest BCUT2D eigenvalue weighted by atomic mass is 10.1. The molecule has 3 nitrogen and oxygen atoms in total. The molecular weight excluding hydrogens is 176 g/mol. The predicted octanol–water partition coefficient (Wildman–Crippen LogP) is 1.55. The molecule has 3 heteroatoms. The highest BCUT2D eigenvalue weighted by Gasteiger charge is 2.04. The molecule has 2 aromatic rings. The third kappa shape index (κ3) is 1.72. The van der Waals surface area contributed by atoms with Crippen molar-refractivity contribution >= 4 is 10.9 Å². The average Bonchev–Trinajstić information content (AvgIpc) is 2.18. The van der Waals surface area contributed by atoms with Gasteiger partial charge < -0.3 is 5.11 Å². The van der Waals surface area contributed by atoms with E-state index in [9.17, 15) is 5.11 Å². The van der Waals surface area contributed by atoms with Crippen molar-refractivity contribution in [1.29, 1.82) is 0 Å². The topological polar surface area (TPSA) is 46.0 Å². The van der Waals surface area contributed by atoms with Gasteiger partial charge in [-0.05, 0) is 18.6 Å². The molecule has 0 bridgehead atoms. The summed E-state index contributed by atoms with van der Waals surface area (Å²) < 4.78 is 0. The van der Waals surface area contributed by atoms with E-state index in [1.807, 2.05) is 24.3 Å². The molecule has 0 saturated carbocycles. The molecule has 1 N–H and O–H groups in total. The lowest BCUT2D eigenvalue weighted by Crippen LogP contribution is -2.05. The van der Waals surface area contributed by atoms with Crippen LogP contribution in [0.4, 0.5) is 0 Å². The molecule has 1 heterocycles. The Morgan fingerprint density at radius 1 is 1.36 bits per heavy atom. The summed E-state index contributed by atoms with van der Waals surface area (Å²) >= 11 is 0. The summed E-state index contributed by atoms with van der Waals surface area (Å²) in [4.78, 5) is 0. The maximum atomic E-state index is 9.32. The number of hydrogen-bond donors (Lipinski definition) is 1. The summed E-state index contributed by atoms with van der Waals surface area (Å²) in [5, 5.41) is 18.3. The van der Waals surface area contributed by atoms with Crippen LogP contribution in [0.15, 0.2) is 30.5 Å². The molecule has 0 aliphatic carbocycles. The van der Waals surface area contributed by atoms with Gasteiger partial charge in [0.2, 0.25) is 0 Å². The molecule has 0 saturated heterocycles. The monoisotopic (exact) mass is 188 g/mol. The van der Waals surface area contributed by atoms with Gasteiger partial charge in [-0.15, -0.1) is 0 Å². The lowest BCUT2D eigenvalue weighted by Gasteiger charge is -2.06. The number of nitrogens with zero attached hydrogens (tertiary/aromatic N) is 2. The van der Waals surface area contributed by atoms with Crippen molar-refractivity contribution in [2.24, 2.45) is 0 Å². The van der Waals surface area contributed by atoms with Gasteiger partial charge in [-0.3, -0.25) is 0 Å². The fourth-order valence-corrected chi connectivity index (χ4v) is 1.54. The van der Waals surface area contributed by atoms with E-state index in [0.717, 1.165) is 16.5 Å². The highest BCUT2D eigenvalue weighted by molar-refractivity contribution is 5.81. The Labute approximate surface area is 82.4 Å². The number of aromatic nitrogens is 2. The van der Waals surface area contributed by atoms with Crippen LogP contribution in [0.3, 0.4) is 0 Å². The van der Waals surface area contributed by atoms with Crippen molar-refractivity contribution in [2.75, 3.05) is 0 Å². The first kappa shape index (κ1) is 9.09. The predicted molar refractivity (Wildman–Crippen MR) is 54.9 cm³/mol. The smallest absolute Gasteiger partial charge is 0.0932 e. The summed E-state index contributed by atoms with van der Waals surface area (Å²) in [6.45, 7) is 1.77. The van der Waals surface area contributed by atoms with Gasteiger partial charge in [-0.1, -0.05) is 18.2 Å². The third-order valence-corrected chi connectivity index (χ3v) is 2.14. The second-order valence-corrected chi connectivity index (χ2v) is 3.44. The first-order valence-corrected chi connectivity index (χ1v) is 4.65. The van der Waals surface area contributed by atoms with Crippen molar-refractivity contribution < 1.29 is 5.11 Å². The molecule has 72 valence electrons. The van der Waals surface area contributed by atoms with Gasteiger partial charge in [0.1, 0.15) is 0 Å². The molecule has 0 radical (unpaired) electrons. The third-order valence-electron chi connectivity index (χ3n) is 2.14. The fraction of sp³-hybridized carbons (Fsp3) is 0.273. The molecule has 1 aromatic heterocycles. The van der Waals surface area contributed by atoms with E-state index in [1.54, 1.807) is 13.1 Å². The van der Waals surface area contributed by atoms with Gasteiger partial charge in [-0.25, -0.2) is 0 Å². The lowest BCUT2D eigenvalue weighted by molar-refractivity contribution is 0.195. The molecule has 1 unspecified atom stereocenters. The second kappa shape index (κ2) is 3.72. The zero-order chi connectivity index (χ0) is 9.97. The average molecular weight is 188 g/mol. The zero-order valence-electron chi connectivity index (χ0n) is 8.01. The minimum Gasteiger partial charge on any atom is -0.393 e. The Morgan fingerprint density at radius 2 is 2.14 bits per heavy atom. The van der Waals surface area contributed by atoms with E-state index < -0.39 is 0 Å². The summed E-state index contributed by atoms with van der Waals surface area (Å²) in [7, 11) is 0. The molecule has 0 amide bonds. The van der Waals surface area contributed by atoms with Gasteiger partial charge in [-0.2, -0.15) is 10.2 Å². The van der Waals surface area contributed by atoms with Gasteiger partial charge in [0.05, 0.1) is 17.8 Å². The number of rotatable bonds is 2. The summed E-state index contributed by atoms with van der Waals surface area (Å²) in [6, 6.07) is 7.83. The summed E-state index contributed by atoms with van der Waals surface area (Å²) in [6.07, 6.45) is 1.99. The first-order chi connectivity index (χ1) is 6.77. The van der Waals surface area contributed by atoms with E-state index in [2.05, 4.69) is 10.2 Å². The normalized spacial score (nSPS) is 13.0. The molecule has 1 atom stereocenters. The van der Waals surface area contributed by atoms with Gasteiger partial charge in [0.15, 0.2) is 0 Å². The van der Waals surface area contributed by atoms with E-state index >= 15 is 0 Å². The number of aliphatic hydroxyl groups is 1. The Morgan fingerprint density at radius 3 is 2.93 bits per heavy atom. The molecule has 0 aliphatic rings. The highest BCUT2D eigenvalue weighted by Crippen LogP contribution is 2.16. The van der Waals surface area contributed by atoms with E-state index in [1.165, 1.54) is 0 Å². The molecule has 2 rings (SSSR count). The van der Waals surface area contributed by atoms with Crippen LogP contribution in [0.1, 0.15) is 12.5 Å². The van der Waals surface area contributed by atoms with Crippen LogP contribution < -0.4 is 0 Å². The summed E-state index contributed by atoms with van der Waals surface area (Å²) in [5.41, 5.74) is 1.93. The van der Waals surface area contributed by atoms with Crippen molar-refractivity contribution in [3.05, 3.63) is 36.0 Å². The minimum atomic E-state index is -0.345. The Balaban J connectivity index is 2.53. The molecular formula is C11H12N2O. The van der Waals surface area contributed by atoms with Crippen LogP contribution >= 0.6 is 0 Å². The highest BCUT2D eigenvalue weighted by atomic mass is 16.3. The van der Waals surface area contributed by atoms with Gasteiger partial charge in [0, 0.05) is 11.8 Å². The molecule has 0 fully saturated rings.